The number of benzene rings is 1. The van der Waals surface area contributed by atoms with Crippen molar-refractivity contribution in [3.05, 3.63) is 61.0 Å². The Morgan fingerprint density at radius 1 is 1.25 bits per heavy atom. The predicted molar refractivity (Wildman–Crippen MR) is 108 cm³/mol. The van der Waals surface area contributed by atoms with E-state index in [9.17, 15) is 14.4 Å². The number of rotatable bonds is 7. The van der Waals surface area contributed by atoms with Gasteiger partial charge in [-0.15, -0.1) is 0 Å². The quantitative estimate of drug-likeness (QED) is 0.560. The Balaban J connectivity index is 1.97. The van der Waals surface area contributed by atoms with Gasteiger partial charge in [-0.3, -0.25) is 14.3 Å². The Kier molecular flexibility index (Phi) is 6.13. The van der Waals surface area contributed by atoms with Crippen molar-refractivity contribution in [2.75, 3.05) is 0 Å². The monoisotopic (exact) mass is 448 g/mol. The van der Waals surface area contributed by atoms with Crippen molar-refractivity contribution in [2.24, 2.45) is 0 Å². The van der Waals surface area contributed by atoms with E-state index < -0.39 is 17.2 Å². The van der Waals surface area contributed by atoms with Crippen molar-refractivity contribution < 1.29 is 9.53 Å². The van der Waals surface area contributed by atoms with Gasteiger partial charge >= 0.3 is 11.7 Å². The van der Waals surface area contributed by atoms with Gasteiger partial charge in [-0.25, -0.2) is 14.6 Å². The summed E-state index contributed by atoms with van der Waals surface area (Å²) in [6.45, 7) is 4.69. The first-order chi connectivity index (χ1) is 13.5. The fourth-order valence-corrected chi connectivity index (χ4v) is 3.42. The van der Waals surface area contributed by atoms with Crippen LogP contribution in [-0.2, 0) is 24.4 Å². The summed E-state index contributed by atoms with van der Waals surface area (Å²) in [5.41, 5.74) is 0.0616. The number of ether oxygens (including phenoxy) is 1. The minimum absolute atomic E-state index is 0.102. The van der Waals surface area contributed by atoms with Crippen LogP contribution in [0.5, 0.6) is 0 Å². The summed E-state index contributed by atoms with van der Waals surface area (Å²) in [7, 11) is 0. The zero-order valence-electron chi connectivity index (χ0n) is 15.7. The number of halogens is 1. The van der Waals surface area contributed by atoms with Gasteiger partial charge in [0, 0.05) is 17.6 Å². The minimum atomic E-state index is -0.494. The summed E-state index contributed by atoms with van der Waals surface area (Å²) in [6, 6.07) is 6.88. The highest BCUT2D eigenvalue weighted by Gasteiger charge is 2.19. The molecule has 9 heteroatoms. The van der Waals surface area contributed by atoms with Gasteiger partial charge in [-0.2, -0.15) is 0 Å². The fraction of sp³-hybridized carbons (Fsp3) is 0.368. The van der Waals surface area contributed by atoms with Crippen LogP contribution in [0.1, 0.15) is 42.9 Å². The number of aromatic amines is 1. The number of nitrogens with one attached hydrogen (secondary N) is 1. The molecule has 1 aromatic carbocycles. The number of hydrogen-bond donors (Lipinski definition) is 1. The van der Waals surface area contributed by atoms with E-state index in [1.165, 1.54) is 4.57 Å². The van der Waals surface area contributed by atoms with Gasteiger partial charge in [0.05, 0.1) is 5.56 Å². The minimum Gasteiger partial charge on any atom is -0.454 e. The smallest absolute Gasteiger partial charge is 0.338 e. The van der Waals surface area contributed by atoms with Crippen molar-refractivity contribution in [1.29, 1.82) is 0 Å². The largest absolute Gasteiger partial charge is 0.454 e. The van der Waals surface area contributed by atoms with Crippen LogP contribution in [-0.4, -0.2) is 25.1 Å². The molecule has 2 aromatic heterocycles. The fourth-order valence-electron chi connectivity index (χ4n) is 3.02. The Labute approximate surface area is 169 Å². The van der Waals surface area contributed by atoms with Crippen molar-refractivity contribution >= 4 is 33.1 Å². The van der Waals surface area contributed by atoms with Crippen LogP contribution in [0.15, 0.2) is 38.3 Å². The van der Waals surface area contributed by atoms with E-state index in [1.807, 2.05) is 19.9 Å². The zero-order valence-corrected chi connectivity index (χ0v) is 17.3. The molecule has 0 saturated heterocycles. The lowest BCUT2D eigenvalue weighted by Gasteiger charge is -2.07. The highest BCUT2D eigenvalue weighted by atomic mass is 79.9. The number of aromatic nitrogens is 4. The van der Waals surface area contributed by atoms with Crippen molar-refractivity contribution in [1.82, 2.24) is 19.1 Å². The molecule has 0 bridgehead atoms. The Morgan fingerprint density at radius 2 is 2.04 bits per heavy atom. The van der Waals surface area contributed by atoms with E-state index in [2.05, 4.69) is 25.9 Å². The van der Waals surface area contributed by atoms with E-state index in [4.69, 9.17) is 4.74 Å². The van der Waals surface area contributed by atoms with E-state index in [1.54, 1.807) is 22.8 Å². The lowest BCUT2D eigenvalue weighted by Crippen LogP contribution is -2.31. The Hall–Kier alpha value is -2.68. The summed E-state index contributed by atoms with van der Waals surface area (Å²) >= 11 is 3.32. The standard InChI is InChI=1S/C19H21BrN4O4/c1-3-5-9-24-16-15(17(25)22-19(24)27)23(4-2)14(21-16)11-28-18(26)12-7-6-8-13(20)10-12/h6-8,10H,3-5,9,11H2,1-2H3,(H,22,25,27). The SMILES string of the molecule is CCCCn1c(=O)[nH]c(=O)c2c1nc(COC(=O)c1cccc(Br)c1)n2CC. The number of H-pyrrole nitrogens is 1. The van der Waals surface area contributed by atoms with Crippen LogP contribution in [0.2, 0.25) is 0 Å². The molecule has 0 aliphatic heterocycles. The molecule has 0 radical (unpaired) electrons. The van der Waals surface area contributed by atoms with Gasteiger partial charge in [-0.1, -0.05) is 35.3 Å². The third kappa shape index (κ3) is 3.94. The van der Waals surface area contributed by atoms with Gasteiger partial charge in [0.15, 0.2) is 11.2 Å². The first-order valence-electron chi connectivity index (χ1n) is 9.11. The molecule has 0 amide bonds. The van der Waals surface area contributed by atoms with Gasteiger partial charge < -0.3 is 9.30 Å². The maximum absolute atomic E-state index is 12.4. The van der Waals surface area contributed by atoms with Crippen LogP contribution in [0.4, 0.5) is 0 Å². The molecular weight excluding hydrogens is 428 g/mol. The number of carbonyl (C=O) groups is 1. The summed E-state index contributed by atoms with van der Waals surface area (Å²) in [6.07, 6.45) is 1.69. The molecule has 3 rings (SSSR count). The van der Waals surface area contributed by atoms with Crippen LogP contribution in [0.3, 0.4) is 0 Å². The number of esters is 1. The number of nitrogens with zero attached hydrogens (tertiary/aromatic N) is 3. The van der Waals surface area contributed by atoms with Crippen LogP contribution < -0.4 is 11.2 Å². The van der Waals surface area contributed by atoms with Gasteiger partial charge in [0.25, 0.3) is 5.56 Å². The number of hydrogen-bond acceptors (Lipinski definition) is 5. The van der Waals surface area contributed by atoms with Gasteiger partial charge in [0.1, 0.15) is 12.4 Å². The number of carbonyl (C=O) groups excluding carboxylic acids is 1. The number of unbranched alkanes of at least 4 members (excludes halogenated alkanes) is 1. The highest BCUT2D eigenvalue weighted by Crippen LogP contribution is 2.16. The molecule has 1 N–H and O–H groups in total. The second-order valence-corrected chi connectivity index (χ2v) is 7.21. The first-order valence-corrected chi connectivity index (χ1v) is 9.90. The first kappa shape index (κ1) is 20.1. The molecular formula is C19H21BrN4O4. The molecule has 3 aromatic rings. The van der Waals surface area contributed by atoms with Crippen LogP contribution in [0.25, 0.3) is 11.2 Å². The molecule has 0 saturated carbocycles. The molecule has 0 aliphatic carbocycles. The van der Waals surface area contributed by atoms with Gasteiger partial charge in [0.2, 0.25) is 0 Å². The number of aryl methyl sites for hydroxylation is 2. The molecule has 8 nitrogen and oxygen atoms in total. The second kappa shape index (κ2) is 8.55. The molecule has 0 unspecified atom stereocenters. The Bertz CT molecular complexity index is 1130. The summed E-state index contributed by atoms with van der Waals surface area (Å²) in [5.74, 6) is -0.0736. The van der Waals surface area contributed by atoms with Crippen molar-refractivity contribution in [3.8, 4) is 0 Å². The molecule has 0 atom stereocenters. The maximum atomic E-state index is 12.4. The molecule has 28 heavy (non-hydrogen) atoms. The third-order valence-corrected chi connectivity index (χ3v) is 4.90. The topological polar surface area (TPSA) is 99.0 Å². The average Bonchev–Trinajstić information content (AvgIpc) is 3.04. The number of imidazole rings is 1. The molecule has 0 spiro atoms. The predicted octanol–water partition coefficient (Wildman–Crippen LogP) is 2.83. The summed E-state index contributed by atoms with van der Waals surface area (Å²) in [5, 5.41) is 0. The maximum Gasteiger partial charge on any atom is 0.338 e. The third-order valence-electron chi connectivity index (χ3n) is 4.41. The molecule has 0 fully saturated rings. The Morgan fingerprint density at radius 3 is 2.71 bits per heavy atom. The zero-order chi connectivity index (χ0) is 20.3. The highest BCUT2D eigenvalue weighted by molar-refractivity contribution is 9.10. The lowest BCUT2D eigenvalue weighted by molar-refractivity contribution is 0.0458. The molecule has 148 valence electrons. The summed E-state index contributed by atoms with van der Waals surface area (Å²) < 4.78 is 9.30. The molecule has 2 heterocycles. The summed E-state index contributed by atoms with van der Waals surface area (Å²) in [4.78, 5) is 43.7. The van der Waals surface area contributed by atoms with E-state index in [0.717, 1.165) is 17.3 Å². The van der Waals surface area contributed by atoms with E-state index >= 15 is 0 Å². The normalized spacial score (nSPS) is 11.1. The van der Waals surface area contributed by atoms with Crippen LogP contribution in [0, 0.1) is 0 Å². The van der Waals surface area contributed by atoms with Crippen molar-refractivity contribution in [3.63, 3.8) is 0 Å². The number of fused-ring (bicyclic) bond motifs is 1. The average molecular weight is 449 g/mol. The van der Waals surface area contributed by atoms with Gasteiger partial charge in [-0.05, 0) is 31.5 Å². The second-order valence-electron chi connectivity index (χ2n) is 6.30. The van der Waals surface area contributed by atoms with E-state index in [-0.39, 0.29) is 6.61 Å². The van der Waals surface area contributed by atoms with Crippen LogP contribution >= 0.6 is 15.9 Å². The van der Waals surface area contributed by atoms with E-state index in [0.29, 0.717) is 35.6 Å². The molecule has 0 aliphatic rings. The lowest BCUT2D eigenvalue weighted by atomic mass is 10.2. The van der Waals surface area contributed by atoms with Crippen molar-refractivity contribution in [2.45, 2.75) is 46.4 Å².